The molecule has 3 N–H and O–H groups in total. The Morgan fingerprint density at radius 1 is 1.53 bits per heavy atom. The average molecular weight is 271 g/mol. The number of thioether (sulfide) groups is 1. The second kappa shape index (κ2) is 6.15. The molecule has 0 bridgehead atoms. The van der Waals surface area contributed by atoms with Crippen molar-refractivity contribution in [1.29, 1.82) is 0 Å². The number of nitrogens with two attached hydrogens (primary N) is 1. The number of nitrogens with zero attached hydrogens (tertiary/aromatic N) is 1. The highest BCUT2D eigenvalue weighted by atomic mass is 32.2. The first kappa shape index (κ1) is 12.6. The maximum Gasteiger partial charge on any atom is 0.260 e. The van der Waals surface area contributed by atoms with E-state index in [1.165, 1.54) is 23.1 Å². The van der Waals surface area contributed by atoms with Crippen molar-refractivity contribution < 1.29 is 4.74 Å². The van der Waals surface area contributed by atoms with Gasteiger partial charge in [-0.05, 0) is 11.4 Å². The molecule has 7 heteroatoms. The van der Waals surface area contributed by atoms with Crippen LogP contribution >= 0.6 is 23.1 Å². The summed E-state index contributed by atoms with van der Waals surface area (Å²) < 4.78 is 5.24. The van der Waals surface area contributed by atoms with Gasteiger partial charge >= 0.3 is 0 Å². The second-order valence-corrected chi connectivity index (χ2v) is 5.24. The fourth-order valence-corrected chi connectivity index (χ4v) is 2.83. The first-order valence-electron chi connectivity index (χ1n) is 5.19. The number of ether oxygens (including phenoxy) is 1. The summed E-state index contributed by atoms with van der Waals surface area (Å²) in [5.74, 6) is 0.750. The third-order valence-electron chi connectivity index (χ3n) is 2.04. The quantitative estimate of drug-likeness (QED) is 0.466. The van der Waals surface area contributed by atoms with Gasteiger partial charge in [-0.2, -0.15) is 0 Å². The second-order valence-electron chi connectivity index (χ2n) is 3.26. The van der Waals surface area contributed by atoms with Crippen molar-refractivity contribution in [3.63, 3.8) is 0 Å². The molecule has 0 radical (unpaired) electrons. The van der Waals surface area contributed by atoms with E-state index in [9.17, 15) is 4.79 Å². The van der Waals surface area contributed by atoms with Crippen LogP contribution in [0.3, 0.4) is 0 Å². The third-order valence-corrected chi connectivity index (χ3v) is 3.69. The van der Waals surface area contributed by atoms with Gasteiger partial charge in [-0.1, -0.05) is 11.8 Å². The molecule has 17 heavy (non-hydrogen) atoms. The summed E-state index contributed by atoms with van der Waals surface area (Å²) in [7, 11) is 0. The number of hydrogen-bond donors (Lipinski definition) is 2. The summed E-state index contributed by atoms with van der Waals surface area (Å²) in [6, 6.07) is 1.78. The SMILES string of the molecule is NCCOCCSc1nc2sccc2c(=O)[nH]1. The molecule has 0 aromatic carbocycles. The number of H-pyrrole nitrogens is 1. The predicted molar refractivity (Wildman–Crippen MR) is 70.8 cm³/mol. The van der Waals surface area contributed by atoms with Crippen molar-refractivity contribution >= 4 is 33.3 Å². The Hall–Kier alpha value is -0.890. The van der Waals surface area contributed by atoms with E-state index < -0.39 is 0 Å². The smallest absolute Gasteiger partial charge is 0.260 e. The summed E-state index contributed by atoms with van der Waals surface area (Å²) in [4.78, 5) is 19.5. The van der Waals surface area contributed by atoms with Crippen LogP contribution in [0.15, 0.2) is 21.4 Å². The highest BCUT2D eigenvalue weighted by Gasteiger charge is 2.04. The van der Waals surface area contributed by atoms with Crippen molar-refractivity contribution in [3.8, 4) is 0 Å². The average Bonchev–Trinajstić information content (AvgIpc) is 2.77. The molecule has 92 valence electrons. The number of aromatic nitrogens is 2. The molecule has 0 saturated carbocycles. The van der Waals surface area contributed by atoms with Crippen LogP contribution in [0, 0.1) is 0 Å². The lowest BCUT2D eigenvalue weighted by Crippen LogP contribution is -2.11. The van der Waals surface area contributed by atoms with Crippen LogP contribution in [0.25, 0.3) is 10.2 Å². The van der Waals surface area contributed by atoms with E-state index in [0.29, 0.717) is 30.3 Å². The molecule has 0 fully saturated rings. The number of fused-ring (bicyclic) bond motifs is 1. The fourth-order valence-electron chi connectivity index (χ4n) is 1.30. The standard InChI is InChI=1S/C10H13N3O2S2/c11-2-3-15-4-6-17-10-12-8(14)7-1-5-16-9(7)13-10/h1,5H,2-4,6,11H2,(H,12,13,14). The lowest BCUT2D eigenvalue weighted by atomic mass is 10.4. The number of aromatic amines is 1. The zero-order chi connectivity index (χ0) is 12.1. The highest BCUT2D eigenvalue weighted by molar-refractivity contribution is 7.99. The van der Waals surface area contributed by atoms with Gasteiger partial charge in [-0.3, -0.25) is 4.79 Å². The van der Waals surface area contributed by atoms with Crippen molar-refractivity contribution in [2.45, 2.75) is 5.16 Å². The van der Waals surface area contributed by atoms with E-state index >= 15 is 0 Å². The van der Waals surface area contributed by atoms with Crippen molar-refractivity contribution in [2.75, 3.05) is 25.5 Å². The topological polar surface area (TPSA) is 81.0 Å². The summed E-state index contributed by atoms with van der Waals surface area (Å²) in [5, 5.41) is 3.16. The number of nitrogens with one attached hydrogen (secondary N) is 1. The first-order valence-corrected chi connectivity index (χ1v) is 7.06. The molecule has 2 aromatic rings. The molecule has 0 unspecified atom stereocenters. The lowest BCUT2D eigenvalue weighted by Gasteiger charge is -2.02. The largest absolute Gasteiger partial charge is 0.379 e. The van der Waals surface area contributed by atoms with Crippen LogP contribution in [0.2, 0.25) is 0 Å². The van der Waals surface area contributed by atoms with Gasteiger partial charge < -0.3 is 15.5 Å². The Morgan fingerprint density at radius 2 is 2.41 bits per heavy atom. The van der Waals surface area contributed by atoms with E-state index in [1.807, 2.05) is 5.38 Å². The Labute approximate surface area is 106 Å². The molecule has 2 aromatic heterocycles. The zero-order valence-corrected chi connectivity index (χ0v) is 10.8. The van der Waals surface area contributed by atoms with Gasteiger partial charge in [-0.25, -0.2) is 4.98 Å². The summed E-state index contributed by atoms with van der Waals surface area (Å²) in [6.45, 7) is 1.70. The van der Waals surface area contributed by atoms with Gasteiger partial charge in [0.15, 0.2) is 5.16 Å². The Balaban J connectivity index is 1.97. The molecule has 0 amide bonds. The van der Waals surface area contributed by atoms with Crippen molar-refractivity contribution in [2.24, 2.45) is 5.73 Å². The first-order chi connectivity index (χ1) is 8.31. The third kappa shape index (κ3) is 3.29. The molecular weight excluding hydrogens is 258 g/mol. The summed E-state index contributed by atoms with van der Waals surface area (Å²) in [6.07, 6.45) is 0. The van der Waals surface area contributed by atoms with Crippen LogP contribution < -0.4 is 11.3 Å². The minimum Gasteiger partial charge on any atom is -0.379 e. The number of hydrogen-bond acceptors (Lipinski definition) is 6. The van der Waals surface area contributed by atoms with E-state index in [2.05, 4.69) is 9.97 Å². The number of rotatable bonds is 6. The molecule has 0 aliphatic heterocycles. The molecule has 2 heterocycles. The van der Waals surface area contributed by atoms with Gasteiger partial charge in [-0.15, -0.1) is 11.3 Å². The summed E-state index contributed by atoms with van der Waals surface area (Å²) >= 11 is 2.95. The van der Waals surface area contributed by atoms with Crippen LogP contribution in [0.1, 0.15) is 0 Å². The Bertz CT molecular complexity index is 538. The fraction of sp³-hybridized carbons (Fsp3) is 0.400. The van der Waals surface area contributed by atoms with Crippen LogP contribution in [0.5, 0.6) is 0 Å². The molecule has 0 atom stereocenters. The maximum atomic E-state index is 11.6. The van der Waals surface area contributed by atoms with Crippen LogP contribution in [0.4, 0.5) is 0 Å². The monoisotopic (exact) mass is 271 g/mol. The van der Waals surface area contributed by atoms with E-state index in [1.54, 1.807) is 6.07 Å². The molecule has 5 nitrogen and oxygen atoms in total. The van der Waals surface area contributed by atoms with Gasteiger partial charge in [0.1, 0.15) is 4.83 Å². The molecule has 0 aliphatic rings. The van der Waals surface area contributed by atoms with Crippen molar-refractivity contribution in [1.82, 2.24) is 9.97 Å². The molecule has 0 saturated heterocycles. The van der Waals surface area contributed by atoms with Gasteiger partial charge in [0, 0.05) is 12.3 Å². The van der Waals surface area contributed by atoms with E-state index in [-0.39, 0.29) is 5.56 Å². The maximum absolute atomic E-state index is 11.6. The van der Waals surface area contributed by atoms with Gasteiger partial charge in [0.2, 0.25) is 0 Å². The molecule has 0 spiro atoms. The zero-order valence-electron chi connectivity index (χ0n) is 9.14. The minimum absolute atomic E-state index is 0.0818. The van der Waals surface area contributed by atoms with Gasteiger partial charge in [0.05, 0.1) is 18.6 Å². The minimum atomic E-state index is -0.0818. The van der Waals surface area contributed by atoms with Crippen LogP contribution in [-0.2, 0) is 4.74 Å². The Morgan fingerprint density at radius 3 is 3.24 bits per heavy atom. The lowest BCUT2D eigenvalue weighted by molar-refractivity contribution is 0.158. The molecule has 2 rings (SSSR count). The highest BCUT2D eigenvalue weighted by Crippen LogP contribution is 2.18. The Kier molecular flexibility index (Phi) is 4.55. The van der Waals surface area contributed by atoms with Crippen LogP contribution in [-0.4, -0.2) is 35.5 Å². The summed E-state index contributed by atoms with van der Waals surface area (Å²) in [5.41, 5.74) is 5.22. The van der Waals surface area contributed by atoms with Gasteiger partial charge in [0.25, 0.3) is 5.56 Å². The normalized spacial score (nSPS) is 11.1. The number of thiophene rings is 1. The predicted octanol–water partition coefficient (Wildman–Crippen LogP) is 1.05. The van der Waals surface area contributed by atoms with E-state index in [4.69, 9.17) is 10.5 Å². The molecule has 0 aliphatic carbocycles. The van der Waals surface area contributed by atoms with E-state index in [0.717, 1.165) is 10.6 Å². The van der Waals surface area contributed by atoms with Crippen molar-refractivity contribution in [3.05, 3.63) is 21.8 Å². The molecular formula is C10H13N3O2S2.